The molecule has 7 heteroatoms. The van der Waals surface area contributed by atoms with Gasteiger partial charge in [0.2, 0.25) is 5.96 Å². The summed E-state index contributed by atoms with van der Waals surface area (Å²) < 4.78 is 0. The number of hydrogen-bond donors (Lipinski definition) is 5. The highest BCUT2D eigenvalue weighted by molar-refractivity contribution is 5.82. The van der Waals surface area contributed by atoms with Crippen LogP contribution in [0, 0.1) is 28.6 Å². The standard InChI is InChI=1S/C25H40N4O3/c1-22-9-6-18(30)16-17(22)4-5-20-19(22)7-10-23(2)24(31,11-12-25(20,23)32)8-3-13-28-29-21-26-14-15-27-21/h3,8,13,17-20,30-32H,4-7,9-12,14-16H2,1-2H3,(H2,26,27,29)/b8-3+,28-13+/t17-,18+,19+,20-,22+,23-,24-,25+/m1/s1. The molecular weight excluding hydrogens is 404 g/mol. The van der Waals surface area contributed by atoms with Crippen molar-refractivity contribution in [2.75, 3.05) is 13.1 Å². The zero-order valence-electron chi connectivity index (χ0n) is 19.6. The third-order valence-electron chi connectivity index (χ3n) is 10.4. The number of hydrogen-bond acceptors (Lipinski definition) is 7. The molecule has 1 heterocycles. The minimum absolute atomic E-state index is 0.157. The maximum Gasteiger partial charge on any atom is 0.212 e. The van der Waals surface area contributed by atoms with Crippen LogP contribution in [0.15, 0.2) is 22.2 Å². The molecule has 0 aromatic heterocycles. The number of allylic oxidation sites excluding steroid dienone is 1. The van der Waals surface area contributed by atoms with Gasteiger partial charge in [-0.15, -0.1) is 0 Å². The van der Waals surface area contributed by atoms with E-state index in [2.05, 4.69) is 34.7 Å². The van der Waals surface area contributed by atoms with Crippen LogP contribution in [0.1, 0.15) is 71.6 Å². The van der Waals surface area contributed by atoms with Crippen molar-refractivity contribution in [1.82, 2.24) is 10.7 Å². The number of fused-ring (bicyclic) bond motifs is 5. The molecule has 0 unspecified atom stereocenters. The largest absolute Gasteiger partial charge is 0.393 e. The van der Waals surface area contributed by atoms with Crippen LogP contribution in [0.4, 0.5) is 0 Å². The predicted molar refractivity (Wildman–Crippen MR) is 125 cm³/mol. The Morgan fingerprint density at radius 1 is 1.06 bits per heavy atom. The van der Waals surface area contributed by atoms with E-state index in [1.165, 1.54) is 0 Å². The first kappa shape index (κ1) is 22.4. The second-order valence-electron chi connectivity index (χ2n) is 11.5. The van der Waals surface area contributed by atoms with Gasteiger partial charge in [0.25, 0.3) is 0 Å². The van der Waals surface area contributed by atoms with Crippen LogP contribution in [0.25, 0.3) is 0 Å². The Balaban J connectivity index is 1.34. The van der Waals surface area contributed by atoms with E-state index in [1.807, 2.05) is 6.08 Å². The van der Waals surface area contributed by atoms with Crippen molar-refractivity contribution in [2.24, 2.45) is 38.7 Å². The Morgan fingerprint density at radius 2 is 1.91 bits per heavy atom. The van der Waals surface area contributed by atoms with Crippen molar-refractivity contribution >= 4 is 12.2 Å². The van der Waals surface area contributed by atoms with E-state index in [-0.39, 0.29) is 17.4 Å². The molecular formula is C25H40N4O3. The summed E-state index contributed by atoms with van der Waals surface area (Å²) in [7, 11) is 0. The van der Waals surface area contributed by atoms with Gasteiger partial charge >= 0.3 is 0 Å². The van der Waals surface area contributed by atoms with Gasteiger partial charge in [0.05, 0.1) is 23.9 Å². The van der Waals surface area contributed by atoms with E-state index in [0.717, 1.165) is 58.0 Å². The molecule has 0 radical (unpaired) electrons. The number of aliphatic imine (C=N–C) groups is 1. The first-order chi connectivity index (χ1) is 15.2. The van der Waals surface area contributed by atoms with Gasteiger partial charge in [0, 0.05) is 18.2 Å². The van der Waals surface area contributed by atoms with Crippen molar-refractivity contribution in [3.63, 3.8) is 0 Å². The highest BCUT2D eigenvalue weighted by atomic mass is 16.3. The number of nitrogens with zero attached hydrogens (tertiary/aromatic N) is 2. The van der Waals surface area contributed by atoms with Crippen molar-refractivity contribution in [3.8, 4) is 0 Å². The molecule has 32 heavy (non-hydrogen) atoms. The molecule has 5 aliphatic rings. The topological polar surface area (TPSA) is 109 Å². The van der Waals surface area contributed by atoms with E-state index >= 15 is 0 Å². The van der Waals surface area contributed by atoms with Gasteiger partial charge in [0.15, 0.2) is 0 Å². The average Bonchev–Trinajstić information content (AvgIpc) is 3.35. The fourth-order valence-electron chi connectivity index (χ4n) is 8.34. The first-order valence-corrected chi connectivity index (χ1v) is 12.6. The zero-order valence-corrected chi connectivity index (χ0v) is 19.6. The van der Waals surface area contributed by atoms with E-state index in [0.29, 0.717) is 30.6 Å². The normalized spacial score (nSPS) is 50.6. The number of rotatable bonds is 3. The van der Waals surface area contributed by atoms with Gasteiger partial charge in [-0.3, -0.25) is 0 Å². The summed E-state index contributed by atoms with van der Waals surface area (Å²) >= 11 is 0. The van der Waals surface area contributed by atoms with E-state index in [9.17, 15) is 15.3 Å². The van der Waals surface area contributed by atoms with Crippen molar-refractivity contribution < 1.29 is 15.3 Å². The van der Waals surface area contributed by atoms with Gasteiger partial charge in [-0.1, -0.05) is 19.9 Å². The fourth-order valence-corrected chi connectivity index (χ4v) is 8.34. The lowest BCUT2D eigenvalue weighted by Gasteiger charge is -2.64. The maximum absolute atomic E-state index is 12.2. The average molecular weight is 445 g/mol. The zero-order chi connectivity index (χ0) is 22.6. The highest BCUT2D eigenvalue weighted by Crippen LogP contribution is 2.70. The quantitative estimate of drug-likeness (QED) is 0.339. The number of nitrogens with one attached hydrogen (secondary N) is 2. The molecule has 0 bridgehead atoms. The van der Waals surface area contributed by atoms with Crippen molar-refractivity contribution in [1.29, 1.82) is 0 Å². The Hall–Kier alpha value is -1.44. The summed E-state index contributed by atoms with van der Waals surface area (Å²) in [5.41, 5.74) is 0.620. The Labute approximate surface area is 191 Å². The Bertz CT molecular complexity index is 830. The molecule has 4 saturated carbocycles. The van der Waals surface area contributed by atoms with Crippen LogP contribution in [-0.4, -0.2) is 57.9 Å². The molecule has 0 aromatic rings. The number of guanidine groups is 1. The molecule has 8 atom stereocenters. The minimum Gasteiger partial charge on any atom is -0.393 e. The summed E-state index contributed by atoms with van der Waals surface area (Å²) in [6.45, 7) is 6.10. The van der Waals surface area contributed by atoms with Crippen LogP contribution < -0.4 is 10.7 Å². The molecule has 4 fully saturated rings. The van der Waals surface area contributed by atoms with Crippen LogP contribution in [0.3, 0.4) is 0 Å². The smallest absolute Gasteiger partial charge is 0.212 e. The molecule has 1 aliphatic heterocycles. The van der Waals surface area contributed by atoms with Gasteiger partial charge in [-0.05, 0) is 87.0 Å². The lowest BCUT2D eigenvalue weighted by atomic mass is 9.43. The fraction of sp³-hybridized carbons (Fsp3) is 0.840. The Morgan fingerprint density at radius 3 is 2.69 bits per heavy atom. The Kier molecular flexibility index (Phi) is 5.46. The van der Waals surface area contributed by atoms with Gasteiger partial charge < -0.3 is 20.6 Å². The maximum atomic E-state index is 12.2. The van der Waals surface area contributed by atoms with Crippen LogP contribution in [0.2, 0.25) is 0 Å². The second-order valence-corrected chi connectivity index (χ2v) is 11.5. The molecule has 5 rings (SSSR count). The summed E-state index contributed by atoms with van der Waals surface area (Å²) in [4.78, 5) is 4.24. The van der Waals surface area contributed by atoms with Crippen LogP contribution >= 0.6 is 0 Å². The predicted octanol–water partition coefficient (Wildman–Crippen LogP) is 2.33. The molecule has 0 saturated heterocycles. The molecule has 0 aromatic carbocycles. The third kappa shape index (κ3) is 3.18. The summed E-state index contributed by atoms with van der Waals surface area (Å²) in [6, 6.07) is 0. The van der Waals surface area contributed by atoms with Crippen molar-refractivity contribution in [3.05, 3.63) is 12.2 Å². The molecule has 7 nitrogen and oxygen atoms in total. The minimum atomic E-state index is -1.04. The summed E-state index contributed by atoms with van der Waals surface area (Å²) in [5.74, 6) is 1.93. The molecule has 4 aliphatic carbocycles. The third-order valence-corrected chi connectivity index (χ3v) is 10.4. The monoisotopic (exact) mass is 444 g/mol. The summed E-state index contributed by atoms with van der Waals surface area (Å²) in [5, 5.41) is 41.4. The second kappa shape index (κ2) is 7.81. The molecule has 178 valence electrons. The van der Waals surface area contributed by atoms with E-state index in [4.69, 9.17) is 0 Å². The van der Waals surface area contributed by atoms with Crippen LogP contribution in [0.5, 0.6) is 0 Å². The van der Waals surface area contributed by atoms with Gasteiger partial charge in [-0.25, -0.2) is 10.4 Å². The van der Waals surface area contributed by atoms with E-state index in [1.54, 1.807) is 12.3 Å². The first-order valence-electron chi connectivity index (χ1n) is 12.6. The highest BCUT2D eigenvalue weighted by Gasteiger charge is 2.71. The SMILES string of the molecule is C[C@]12CC[C@H](O)C[C@H]1CC[C@@H]1[C@@H]2CC[C@]2(C)[C@@](O)(/C=C/C=N/NC3=NCCN3)CC[C@]12O. The molecule has 0 spiro atoms. The van der Waals surface area contributed by atoms with Crippen LogP contribution in [-0.2, 0) is 0 Å². The van der Waals surface area contributed by atoms with Gasteiger partial charge in [-0.2, -0.15) is 5.10 Å². The molecule has 0 amide bonds. The molecule has 5 N–H and O–H groups in total. The number of aliphatic hydroxyl groups is 3. The lowest BCUT2D eigenvalue weighted by Crippen LogP contribution is -2.65. The van der Waals surface area contributed by atoms with E-state index < -0.39 is 16.6 Å². The van der Waals surface area contributed by atoms with Gasteiger partial charge in [0.1, 0.15) is 0 Å². The van der Waals surface area contributed by atoms with Crippen molar-refractivity contribution in [2.45, 2.75) is 88.9 Å². The lowest BCUT2D eigenvalue weighted by molar-refractivity contribution is -0.227. The number of hydrazone groups is 1. The number of aliphatic hydroxyl groups excluding tert-OH is 1. The summed E-state index contributed by atoms with van der Waals surface area (Å²) in [6.07, 6.45) is 13.2.